The van der Waals surface area contributed by atoms with Crippen LogP contribution in [0, 0.1) is 0 Å². The second-order valence-electron chi connectivity index (χ2n) is 5.10. The summed E-state index contributed by atoms with van der Waals surface area (Å²) in [5, 5.41) is 3.18. The molecule has 0 aliphatic heterocycles. The molecule has 1 atom stereocenters. The molecule has 132 valence electrons. The van der Waals surface area contributed by atoms with Gasteiger partial charge in [0.05, 0.1) is 19.2 Å². The van der Waals surface area contributed by atoms with Crippen molar-refractivity contribution in [3.63, 3.8) is 0 Å². The van der Waals surface area contributed by atoms with E-state index in [1.807, 2.05) is 0 Å². The first-order valence-corrected chi connectivity index (χ1v) is 8.09. The molecule has 2 aromatic rings. The van der Waals surface area contributed by atoms with Crippen LogP contribution in [-0.2, 0) is 20.7 Å². The van der Waals surface area contributed by atoms with E-state index >= 15 is 0 Å². The second kappa shape index (κ2) is 8.69. The van der Waals surface area contributed by atoms with Crippen LogP contribution in [0.1, 0.15) is 12.5 Å². The van der Waals surface area contributed by atoms with Gasteiger partial charge in [0, 0.05) is 16.8 Å². The Balaban J connectivity index is 1.97. The van der Waals surface area contributed by atoms with E-state index in [1.54, 1.807) is 30.3 Å². The minimum Gasteiger partial charge on any atom is -0.496 e. The Labute approximate surface area is 155 Å². The molecule has 1 heterocycles. The van der Waals surface area contributed by atoms with Gasteiger partial charge in [0.25, 0.3) is 5.91 Å². The molecule has 0 fully saturated rings. The second-order valence-corrected chi connectivity index (χ2v) is 5.89. The number of hydrogen-bond donors (Lipinski definition) is 1. The van der Waals surface area contributed by atoms with Crippen molar-refractivity contribution in [3.8, 4) is 5.75 Å². The van der Waals surface area contributed by atoms with Crippen molar-refractivity contribution in [2.45, 2.75) is 19.4 Å². The van der Waals surface area contributed by atoms with Crippen LogP contribution >= 0.6 is 23.2 Å². The van der Waals surface area contributed by atoms with Gasteiger partial charge >= 0.3 is 5.97 Å². The lowest BCUT2D eigenvalue weighted by molar-refractivity contribution is -0.152. The molecule has 0 aliphatic rings. The number of rotatable bonds is 6. The Morgan fingerprint density at radius 1 is 1.28 bits per heavy atom. The van der Waals surface area contributed by atoms with Crippen LogP contribution in [0.3, 0.4) is 0 Å². The molecule has 1 N–H and O–H groups in total. The van der Waals surface area contributed by atoms with Crippen molar-refractivity contribution in [1.82, 2.24) is 4.98 Å². The van der Waals surface area contributed by atoms with Crippen LogP contribution in [0.2, 0.25) is 10.2 Å². The van der Waals surface area contributed by atoms with Crippen LogP contribution in [0.15, 0.2) is 36.5 Å². The summed E-state index contributed by atoms with van der Waals surface area (Å²) in [7, 11) is 1.49. The number of amides is 1. The van der Waals surface area contributed by atoms with Gasteiger partial charge in [0.15, 0.2) is 11.3 Å². The van der Waals surface area contributed by atoms with Crippen LogP contribution < -0.4 is 10.1 Å². The predicted octanol–water partition coefficient (Wildman–Crippen LogP) is 3.51. The monoisotopic (exact) mass is 382 g/mol. The number of ether oxygens (including phenoxy) is 2. The summed E-state index contributed by atoms with van der Waals surface area (Å²) >= 11 is 11.8. The van der Waals surface area contributed by atoms with Crippen LogP contribution in [0.4, 0.5) is 5.69 Å². The van der Waals surface area contributed by atoms with Crippen molar-refractivity contribution in [2.24, 2.45) is 0 Å². The van der Waals surface area contributed by atoms with Crippen molar-refractivity contribution >= 4 is 40.8 Å². The van der Waals surface area contributed by atoms with E-state index < -0.39 is 18.0 Å². The van der Waals surface area contributed by atoms with E-state index in [0.717, 1.165) is 0 Å². The molecule has 0 spiro atoms. The minimum absolute atomic E-state index is 0.0744. The molecule has 0 bridgehead atoms. The highest BCUT2D eigenvalue weighted by atomic mass is 35.5. The maximum atomic E-state index is 12.1. The topological polar surface area (TPSA) is 77.5 Å². The highest BCUT2D eigenvalue weighted by Gasteiger charge is 2.20. The fourth-order valence-corrected chi connectivity index (χ4v) is 2.41. The van der Waals surface area contributed by atoms with Crippen LogP contribution in [0.5, 0.6) is 5.75 Å². The van der Waals surface area contributed by atoms with Crippen molar-refractivity contribution < 1.29 is 19.1 Å². The van der Waals surface area contributed by atoms with E-state index in [9.17, 15) is 9.59 Å². The summed E-state index contributed by atoms with van der Waals surface area (Å²) in [6, 6.07) is 8.15. The Hall–Kier alpha value is -2.31. The molecular formula is C17H16Cl2N2O4. The maximum absolute atomic E-state index is 12.1. The first-order valence-electron chi connectivity index (χ1n) is 7.34. The standard InChI is InChI=1S/C17H16Cl2N2O4/c1-10(17(23)21-13-4-3-7-20-16(13)19)25-15(22)9-11-8-12(18)5-6-14(11)24-2/h3-8,10H,9H2,1-2H3,(H,21,23)/t10-/m1/s1. The number of esters is 1. The molecule has 8 heteroatoms. The third-order valence-corrected chi connectivity index (χ3v) is 3.81. The Kier molecular flexibility index (Phi) is 6.61. The van der Waals surface area contributed by atoms with Gasteiger partial charge in [-0.05, 0) is 37.3 Å². The van der Waals surface area contributed by atoms with Gasteiger partial charge in [-0.3, -0.25) is 9.59 Å². The fourth-order valence-electron chi connectivity index (χ4n) is 2.05. The summed E-state index contributed by atoms with van der Waals surface area (Å²) < 4.78 is 10.3. The number of pyridine rings is 1. The van der Waals surface area contributed by atoms with Gasteiger partial charge in [-0.2, -0.15) is 0 Å². The highest BCUT2D eigenvalue weighted by Crippen LogP contribution is 2.23. The molecule has 1 amide bonds. The summed E-state index contributed by atoms with van der Waals surface area (Å²) in [5.41, 5.74) is 0.913. The molecule has 0 aliphatic carbocycles. The molecule has 0 saturated carbocycles. The third kappa shape index (κ3) is 5.34. The first-order chi connectivity index (χ1) is 11.9. The lowest BCUT2D eigenvalue weighted by Gasteiger charge is -2.14. The zero-order valence-electron chi connectivity index (χ0n) is 13.6. The van der Waals surface area contributed by atoms with Gasteiger partial charge in [-0.15, -0.1) is 0 Å². The van der Waals surface area contributed by atoms with Gasteiger partial charge in [-0.1, -0.05) is 23.2 Å². The number of methoxy groups -OCH3 is 1. The van der Waals surface area contributed by atoms with Gasteiger partial charge < -0.3 is 14.8 Å². The highest BCUT2D eigenvalue weighted by molar-refractivity contribution is 6.32. The van der Waals surface area contributed by atoms with E-state index in [0.29, 0.717) is 22.0 Å². The van der Waals surface area contributed by atoms with Crippen molar-refractivity contribution in [1.29, 1.82) is 0 Å². The number of benzene rings is 1. The number of aromatic nitrogens is 1. The first kappa shape index (κ1) is 19.0. The van der Waals surface area contributed by atoms with Crippen LogP contribution in [0.25, 0.3) is 0 Å². The van der Waals surface area contributed by atoms with Gasteiger partial charge in [0.1, 0.15) is 5.75 Å². The van der Waals surface area contributed by atoms with E-state index in [1.165, 1.54) is 20.2 Å². The number of anilines is 1. The SMILES string of the molecule is COc1ccc(Cl)cc1CC(=O)O[C@H](C)C(=O)Nc1cccnc1Cl. The summed E-state index contributed by atoms with van der Waals surface area (Å²) in [6.07, 6.45) is 0.420. The number of carbonyl (C=O) groups excluding carboxylic acids is 2. The predicted molar refractivity (Wildman–Crippen MR) is 95.1 cm³/mol. The summed E-state index contributed by atoms with van der Waals surface area (Å²) in [4.78, 5) is 28.0. The summed E-state index contributed by atoms with van der Waals surface area (Å²) in [5.74, 6) is -0.581. The Morgan fingerprint density at radius 2 is 2.04 bits per heavy atom. The van der Waals surface area contributed by atoms with Crippen molar-refractivity contribution in [3.05, 3.63) is 52.3 Å². The molecule has 0 radical (unpaired) electrons. The largest absolute Gasteiger partial charge is 0.496 e. The normalized spacial score (nSPS) is 11.5. The Morgan fingerprint density at radius 3 is 2.72 bits per heavy atom. The smallest absolute Gasteiger partial charge is 0.311 e. The molecule has 6 nitrogen and oxygen atoms in total. The molecule has 0 unspecified atom stereocenters. The molecule has 1 aromatic carbocycles. The number of nitrogens with zero attached hydrogens (tertiary/aromatic N) is 1. The van der Waals surface area contributed by atoms with Gasteiger partial charge in [-0.25, -0.2) is 4.98 Å². The molecular weight excluding hydrogens is 367 g/mol. The van der Waals surface area contributed by atoms with Crippen molar-refractivity contribution in [2.75, 3.05) is 12.4 Å². The average molecular weight is 383 g/mol. The zero-order valence-corrected chi connectivity index (χ0v) is 15.1. The molecule has 2 rings (SSSR count). The number of nitrogens with one attached hydrogen (secondary N) is 1. The maximum Gasteiger partial charge on any atom is 0.311 e. The van der Waals surface area contributed by atoms with E-state index in [-0.39, 0.29) is 11.6 Å². The van der Waals surface area contributed by atoms with Crippen LogP contribution in [-0.4, -0.2) is 30.1 Å². The number of hydrogen-bond acceptors (Lipinski definition) is 5. The fraction of sp³-hybridized carbons (Fsp3) is 0.235. The lowest BCUT2D eigenvalue weighted by Crippen LogP contribution is -2.30. The minimum atomic E-state index is -1.01. The number of halogens is 2. The van der Waals surface area contributed by atoms with E-state index in [4.69, 9.17) is 32.7 Å². The molecule has 1 aromatic heterocycles. The number of carbonyl (C=O) groups is 2. The molecule has 25 heavy (non-hydrogen) atoms. The average Bonchev–Trinajstić information content (AvgIpc) is 2.57. The summed E-state index contributed by atoms with van der Waals surface area (Å²) in [6.45, 7) is 1.46. The molecule has 0 saturated heterocycles. The third-order valence-electron chi connectivity index (χ3n) is 3.27. The Bertz CT molecular complexity index is 783. The van der Waals surface area contributed by atoms with Gasteiger partial charge in [0.2, 0.25) is 0 Å². The zero-order chi connectivity index (χ0) is 18.4. The van der Waals surface area contributed by atoms with E-state index in [2.05, 4.69) is 10.3 Å². The lowest BCUT2D eigenvalue weighted by atomic mass is 10.1. The quantitative estimate of drug-likeness (QED) is 0.610.